The number of carbonyl (C=O) groups excluding carboxylic acids is 1. The third-order valence-electron chi connectivity index (χ3n) is 3.22. The summed E-state index contributed by atoms with van der Waals surface area (Å²) in [5, 5.41) is 6.64. The molecule has 2 aromatic rings. The highest BCUT2D eigenvalue weighted by atomic mass is 32.1. The number of benzene rings is 1. The largest absolute Gasteiger partial charge is 0.376 e. The van der Waals surface area contributed by atoms with E-state index in [2.05, 4.69) is 15.6 Å². The zero-order valence-electron chi connectivity index (χ0n) is 14.9. The Kier molecular flexibility index (Phi) is 7.84. The van der Waals surface area contributed by atoms with Crippen LogP contribution in [0.5, 0.6) is 0 Å². The Morgan fingerprint density at radius 3 is 2.88 bits per heavy atom. The van der Waals surface area contributed by atoms with Gasteiger partial charge in [-0.2, -0.15) is 0 Å². The van der Waals surface area contributed by atoms with E-state index in [-0.39, 0.29) is 12.1 Å². The number of rotatable bonds is 9. The number of anilines is 1. The minimum Gasteiger partial charge on any atom is -0.376 e. The maximum atomic E-state index is 12.0. The number of nitrogens with zero attached hydrogens (tertiary/aromatic N) is 1. The number of hydrogen-bond acceptors (Lipinski definition) is 5. The first-order valence-corrected chi connectivity index (χ1v) is 9.09. The predicted octanol–water partition coefficient (Wildman–Crippen LogP) is 3.71. The maximum absolute atomic E-state index is 12.0. The smallest absolute Gasteiger partial charge is 0.319 e. The van der Waals surface area contributed by atoms with Crippen LogP contribution in [0.15, 0.2) is 30.5 Å². The van der Waals surface area contributed by atoms with Crippen LogP contribution in [-0.2, 0) is 22.6 Å². The lowest BCUT2D eigenvalue weighted by Gasteiger charge is -2.10. The molecular formula is C18H25N3O3S. The fourth-order valence-corrected chi connectivity index (χ4v) is 2.84. The molecule has 2 rings (SSSR count). The van der Waals surface area contributed by atoms with Crippen molar-refractivity contribution >= 4 is 23.1 Å². The topological polar surface area (TPSA) is 72.5 Å². The number of hydrogen-bond donors (Lipinski definition) is 2. The van der Waals surface area contributed by atoms with Crippen LogP contribution in [0.3, 0.4) is 0 Å². The van der Waals surface area contributed by atoms with E-state index in [9.17, 15) is 4.79 Å². The number of aryl methyl sites for hydroxylation is 1. The Morgan fingerprint density at radius 2 is 2.16 bits per heavy atom. The maximum Gasteiger partial charge on any atom is 0.319 e. The van der Waals surface area contributed by atoms with Crippen molar-refractivity contribution in [2.45, 2.75) is 40.0 Å². The Bertz CT molecular complexity index is 673. The Labute approximate surface area is 152 Å². The second-order valence-corrected chi connectivity index (χ2v) is 7.15. The molecule has 2 N–H and O–H groups in total. The van der Waals surface area contributed by atoms with Gasteiger partial charge in [-0.1, -0.05) is 12.1 Å². The zero-order chi connectivity index (χ0) is 18.1. The minimum atomic E-state index is -0.241. The first kappa shape index (κ1) is 19.4. The molecule has 0 saturated heterocycles. The lowest BCUT2D eigenvalue weighted by Crippen LogP contribution is -2.27. The van der Waals surface area contributed by atoms with E-state index in [0.717, 1.165) is 21.1 Å². The third kappa shape index (κ3) is 7.64. The lowest BCUT2D eigenvalue weighted by molar-refractivity contribution is 0.0143. The molecule has 0 unspecified atom stereocenters. The summed E-state index contributed by atoms with van der Waals surface area (Å²) in [6, 6.07) is 7.37. The van der Waals surface area contributed by atoms with Crippen LogP contribution >= 0.6 is 11.3 Å². The van der Waals surface area contributed by atoms with Crippen molar-refractivity contribution in [1.29, 1.82) is 0 Å². The van der Waals surface area contributed by atoms with Gasteiger partial charge < -0.3 is 20.1 Å². The summed E-state index contributed by atoms with van der Waals surface area (Å²) in [6.45, 7) is 8.01. The van der Waals surface area contributed by atoms with E-state index in [1.165, 1.54) is 0 Å². The molecule has 0 aliphatic carbocycles. The number of ether oxygens (including phenoxy) is 2. The van der Waals surface area contributed by atoms with Gasteiger partial charge in [-0.3, -0.25) is 0 Å². The van der Waals surface area contributed by atoms with Crippen LogP contribution < -0.4 is 10.6 Å². The number of amides is 2. The van der Waals surface area contributed by atoms with E-state index in [0.29, 0.717) is 26.4 Å². The highest BCUT2D eigenvalue weighted by molar-refractivity contribution is 7.11. The minimum absolute atomic E-state index is 0.212. The standard InChI is InChI=1S/C18H25N3O3S/c1-13(2)24-8-7-23-12-15-5-4-6-16(9-15)21-18(22)20-11-17-10-19-14(3)25-17/h4-6,9-10,13H,7-8,11-12H2,1-3H3,(H2,20,21,22). The van der Waals surface area contributed by atoms with Gasteiger partial charge >= 0.3 is 6.03 Å². The summed E-state index contributed by atoms with van der Waals surface area (Å²) in [7, 11) is 0. The van der Waals surface area contributed by atoms with Crippen molar-refractivity contribution in [3.8, 4) is 0 Å². The molecule has 136 valence electrons. The summed E-state index contributed by atoms with van der Waals surface area (Å²) in [6.07, 6.45) is 1.99. The van der Waals surface area contributed by atoms with Crippen LogP contribution in [0.2, 0.25) is 0 Å². The molecule has 0 bridgehead atoms. The van der Waals surface area contributed by atoms with Crippen molar-refractivity contribution < 1.29 is 14.3 Å². The highest BCUT2D eigenvalue weighted by Crippen LogP contribution is 2.13. The predicted molar refractivity (Wildman–Crippen MR) is 99.9 cm³/mol. The first-order chi connectivity index (χ1) is 12.0. The molecule has 0 saturated carbocycles. The van der Waals surface area contributed by atoms with Crippen molar-refractivity contribution in [2.24, 2.45) is 0 Å². The number of urea groups is 1. The fraction of sp³-hybridized carbons (Fsp3) is 0.444. The number of aromatic nitrogens is 1. The lowest BCUT2D eigenvalue weighted by atomic mass is 10.2. The Morgan fingerprint density at radius 1 is 1.32 bits per heavy atom. The van der Waals surface area contributed by atoms with Crippen LogP contribution in [-0.4, -0.2) is 30.3 Å². The summed E-state index contributed by atoms with van der Waals surface area (Å²) < 4.78 is 11.0. The van der Waals surface area contributed by atoms with Gasteiger partial charge in [-0.05, 0) is 38.5 Å². The molecule has 1 aromatic carbocycles. The van der Waals surface area contributed by atoms with Gasteiger partial charge in [-0.15, -0.1) is 11.3 Å². The molecule has 0 radical (unpaired) electrons. The average molecular weight is 363 g/mol. The number of carbonyl (C=O) groups is 1. The average Bonchev–Trinajstić information content (AvgIpc) is 2.98. The normalized spacial score (nSPS) is 10.9. The number of nitrogens with one attached hydrogen (secondary N) is 2. The quantitative estimate of drug-likeness (QED) is 0.666. The third-order valence-corrected chi connectivity index (χ3v) is 4.14. The monoisotopic (exact) mass is 363 g/mol. The van der Waals surface area contributed by atoms with Gasteiger partial charge in [0.15, 0.2) is 0 Å². The van der Waals surface area contributed by atoms with Crippen molar-refractivity contribution in [1.82, 2.24) is 10.3 Å². The van der Waals surface area contributed by atoms with E-state index < -0.39 is 0 Å². The molecule has 0 spiro atoms. The molecule has 7 heteroatoms. The van der Waals surface area contributed by atoms with Gasteiger partial charge in [-0.25, -0.2) is 9.78 Å². The molecule has 0 aliphatic rings. The second-order valence-electron chi connectivity index (χ2n) is 5.83. The number of thiazole rings is 1. The van der Waals surface area contributed by atoms with Crippen LogP contribution in [0.4, 0.5) is 10.5 Å². The van der Waals surface area contributed by atoms with Crippen LogP contribution in [0.1, 0.15) is 29.3 Å². The second kappa shape index (κ2) is 10.1. The van der Waals surface area contributed by atoms with Crippen LogP contribution in [0, 0.1) is 6.92 Å². The van der Waals surface area contributed by atoms with Gasteiger partial charge in [0.25, 0.3) is 0 Å². The highest BCUT2D eigenvalue weighted by Gasteiger charge is 2.04. The first-order valence-electron chi connectivity index (χ1n) is 8.27. The molecule has 1 aromatic heterocycles. The summed E-state index contributed by atoms with van der Waals surface area (Å²) in [5.74, 6) is 0. The molecule has 6 nitrogen and oxygen atoms in total. The van der Waals surface area contributed by atoms with E-state index >= 15 is 0 Å². The van der Waals surface area contributed by atoms with Crippen molar-refractivity contribution in [3.05, 3.63) is 45.9 Å². The van der Waals surface area contributed by atoms with Crippen molar-refractivity contribution in [3.63, 3.8) is 0 Å². The summed E-state index contributed by atoms with van der Waals surface area (Å²) in [5.41, 5.74) is 1.73. The Hall–Kier alpha value is -1.96. The van der Waals surface area contributed by atoms with E-state index in [1.54, 1.807) is 17.5 Å². The zero-order valence-corrected chi connectivity index (χ0v) is 15.7. The molecule has 0 fully saturated rings. The summed E-state index contributed by atoms with van der Waals surface area (Å²) in [4.78, 5) is 17.2. The van der Waals surface area contributed by atoms with Gasteiger partial charge in [0.05, 0.1) is 37.5 Å². The van der Waals surface area contributed by atoms with Crippen molar-refractivity contribution in [2.75, 3.05) is 18.5 Å². The van der Waals surface area contributed by atoms with E-state index in [4.69, 9.17) is 9.47 Å². The van der Waals surface area contributed by atoms with Gasteiger partial charge in [0.1, 0.15) is 0 Å². The van der Waals surface area contributed by atoms with Crippen LogP contribution in [0.25, 0.3) is 0 Å². The molecule has 0 atom stereocenters. The van der Waals surface area contributed by atoms with E-state index in [1.807, 2.05) is 45.0 Å². The Balaban J connectivity index is 1.73. The molecule has 25 heavy (non-hydrogen) atoms. The molecule has 2 amide bonds. The fourth-order valence-electron chi connectivity index (χ4n) is 2.10. The summed E-state index contributed by atoms with van der Waals surface area (Å²) >= 11 is 1.57. The molecular weight excluding hydrogens is 338 g/mol. The van der Waals surface area contributed by atoms with Gasteiger partial charge in [0.2, 0.25) is 0 Å². The molecule has 0 aliphatic heterocycles. The van der Waals surface area contributed by atoms with Gasteiger partial charge in [0, 0.05) is 16.8 Å². The SMILES string of the molecule is Cc1ncc(CNC(=O)Nc2cccc(COCCOC(C)C)c2)s1. The molecule has 1 heterocycles.